The average Bonchev–Trinajstić information content (AvgIpc) is 3.09. The van der Waals surface area contributed by atoms with Gasteiger partial charge in [-0.1, -0.05) is 29.8 Å². The van der Waals surface area contributed by atoms with Gasteiger partial charge in [-0.15, -0.1) is 11.3 Å². The van der Waals surface area contributed by atoms with Crippen molar-refractivity contribution in [1.82, 2.24) is 4.98 Å². The van der Waals surface area contributed by atoms with Crippen molar-refractivity contribution in [3.63, 3.8) is 0 Å². The maximum atomic E-state index is 12.1. The van der Waals surface area contributed by atoms with E-state index < -0.39 is 0 Å². The van der Waals surface area contributed by atoms with Crippen LogP contribution < -0.4 is 10.1 Å². The zero-order chi connectivity index (χ0) is 18.4. The highest BCUT2D eigenvalue weighted by Gasteiger charge is 2.10. The van der Waals surface area contributed by atoms with Crippen molar-refractivity contribution in [2.45, 2.75) is 20.0 Å². The number of aryl methyl sites for hydroxylation is 1. The minimum atomic E-state index is -0.106. The summed E-state index contributed by atoms with van der Waals surface area (Å²) in [7, 11) is 0. The molecule has 6 heteroatoms. The summed E-state index contributed by atoms with van der Waals surface area (Å²) in [6, 6.07) is 16.8. The van der Waals surface area contributed by atoms with Crippen molar-refractivity contribution in [2.24, 2.45) is 0 Å². The largest absolute Gasteiger partial charge is 0.486 e. The summed E-state index contributed by atoms with van der Waals surface area (Å²) >= 11 is 1.42. The third kappa shape index (κ3) is 4.68. The smallest absolute Gasteiger partial charge is 0.231 e. The lowest BCUT2D eigenvalue weighted by molar-refractivity contribution is -0.115. The van der Waals surface area contributed by atoms with Gasteiger partial charge in [0.15, 0.2) is 0 Å². The maximum Gasteiger partial charge on any atom is 0.231 e. The first kappa shape index (κ1) is 17.6. The van der Waals surface area contributed by atoms with Crippen LogP contribution in [0.1, 0.15) is 21.8 Å². The van der Waals surface area contributed by atoms with E-state index in [1.807, 2.05) is 42.6 Å². The SMILES string of the molecule is Cc1ccc(NC(=O)Cc2nc(COc3ccccc3C#N)cs2)cc1. The first-order valence-electron chi connectivity index (χ1n) is 8.06. The zero-order valence-electron chi connectivity index (χ0n) is 14.2. The van der Waals surface area contributed by atoms with E-state index in [-0.39, 0.29) is 18.9 Å². The van der Waals surface area contributed by atoms with Gasteiger partial charge in [-0.2, -0.15) is 5.26 Å². The molecule has 2 aromatic carbocycles. The molecular formula is C20H17N3O2S. The van der Waals surface area contributed by atoms with Crippen molar-refractivity contribution in [3.05, 3.63) is 75.7 Å². The van der Waals surface area contributed by atoms with Crippen molar-refractivity contribution in [1.29, 1.82) is 5.26 Å². The average molecular weight is 363 g/mol. The lowest BCUT2D eigenvalue weighted by Crippen LogP contribution is -2.14. The number of nitrogens with zero attached hydrogens (tertiary/aromatic N) is 2. The van der Waals surface area contributed by atoms with E-state index in [9.17, 15) is 4.79 Å². The first-order chi connectivity index (χ1) is 12.6. The van der Waals surface area contributed by atoms with Gasteiger partial charge in [-0.3, -0.25) is 4.79 Å². The molecule has 130 valence electrons. The summed E-state index contributed by atoms with van der Waals surface area (Å²) in [6.07, 6.45) is 0.216. The second kappa shape index (κ2) is 8.28. The number of amides is 1. The van der Waals surface area contributed by atoms with E-state index in [2.05, 4.69) is 16.4 Å². The number of rotatable bonds is 6. The van der Waals surface area contributed by atoms with Crippen LogP contribution in [0.3, 0.4) is 0 Å². The fourth-order valence-corrected chi connectivity index (χ4v) is 3.09. The predicted molar refractivity (Wildman–Crippen MR) is 101 cm³/mol. The number of hydrogen-bond donors (Lipinski definition) is 1. The molecule has 1 N–H and O–H groups in total. The topological polar surface area (TPSA) is 75.0 Å². The summed E-state index contributed by atoms with van der Waals surface area (Å²) in [5.41, 5.74) is 3.14. The molecule has 1 amide bonds. The Labute approximate surface area is 155 Å². The summed E-state index contributed by atoms with van der Waals surface area (Å²) in [5, 5.41) is 14.5. The summed E-state index contributed by atoms with van der Waals surface area (Å²) in [6.45, 7) is 2.26. The van der Waals surface area contributed by atoms with Crippen LogP contribution in [0.15, 0.2) is 53.9 Å². The van der Waals surface area contributed by atoms with Crippen LogP contribution in [-0.4, -0.2) is 10.9 Å². The van der Waals surface area contributed by atoms with Gasteiger partial charge in [-0.25, -0.2) is 4.98 Å². The number of carbonyl (C=O) groups is 1. The number of benzene rings is 2. The molecule has 3 rings (SSSR count). The highest BCUT2D eigenvalue weighted by atomic mass is 32.1. The number of nitrogens with one attached hydrogen (secondary N) is 1. The van der Waals surface area contributed by atoms with E-state index in [0.29, 0.717) is 11.3 Å². The Balaban J connectivity index is 1.55. The van der Waals surface area contributed by atoms with Gasteiger partial charge in [0.2, 0.25) is 5.91 Å². The maximum absolute atomic E-state index is 12.1. The van der Waals surface area contributed by atoms with Gasteiger partial charge < -0.3 is 10.1 Å². The molecule has 0 unspecified atom stereocenters. The Hall–Kier alpha value is -3.17. The number of nitriles is 1. The van der Waals surface area contributed by atoms with Crippen LogP contribution in [0.5, 0.6) is 5.75 Å². The molecule has 1 aromatic heterocycles. The number of carbonyl (C=O) groups excluding carboxylic acids is 1. The van der Waals surface area contributed by atoms with Crippen LogP contribution in [0.2, 0.25) is 0 Å². The Bertz CT molecular complexity index is 942. The number of hydrogen-bond acceptors (Lipinski definition) is 5. The summed E-state index contributed by atoms with van der Waals surface area (Å²) < 4.78 is 5.66. The first-order valence-corrected chi connectivity index (χ1v) is 8.94. The third-order valence-corrected chi connectivity index (χ3v) is 4.53. The Kier molecular flexibility index (Phi) is 5.62. The van der Waals surface area contributed by atoms with Crippen molar-refractivity contribution >= 4 is 22.9 Å². The quantitative estimate of drug-likeness (QED) is 0.716. The highest BCUT2D eigenvalue weighted by molar-refractivity contribution is 7.09. The third-order valence-electron chi connectivity index (χ3n) is 3.63. The van der Waals surface area contributed by atoms with Crippen LogP contribution >= 0.6 is 11.3 Å². The van der Waals surface area contributed by atoms with Crippen molar-refractivity contribution in [3.8, 4) is 11.8 Å². The summed E-state index contributed by atoms with van der Waals surface area (Å²) in [5.74, 6) is 0.423. The minimum Gasteiger partial charge on any atom is -0.486 e. The molecule has 1 heterocycles. The van der Waals surface area contributed by atoms with E-state index in [0.717, 1.165) is 22.0 Å². The lowest BCUT2D eigenvalue weighted by Gasteiger charge is -2.05. The predicted octanol–water partition coefficient (Wildman–Crippen LogP) is 4.08. The van der Waals surface area contributed by atoms with Gasteiger partial charge in [-0.05, 0) is 31.2 Å². The van der Waals surface area contributed by atoms with Gasteiger partial charge in [0.25, 0.3) is 0 Å². The van der Waals surface area contributed by atoms with Crippen molar-refractivity contribution in [2.75, 3.05) is 5.32 Å². The molecular weight excluding hydrogens is 346 g/mol. The molecule has 0 spiro atoms. The molecule has 3 aromatic rings. The second-order valence-corrected chi connectivity index (χ2v) is 6.66. The van der Waals surface area contributed by atoms with Crippen molar-refractivity contribution < 1.29 is 9.53 Å². The lowest BCUT2D eigenvalue weighted by atomic mass is 10.2. The normalized spacial score (nSPS) is 10.2. The Morgan fingerprint density at radius 2 is 2.00 bits per heavy atom. The van der Waals surface area contributed by atoms with E-state index in [1.54, 1.807) is 18.2 Å². The minimum absolute atomic E-state index is 0.106. The number of thiazole rings is 1. The fraction of sp³-hybridized carbons (Fsp3) is 0.150. The van der Waals surface area contributed by atoms with Gasteiger partial charge in [0.1, 0.15) is 23.4 Å². The molecule has 0 aliphatic heterocycles. The number of anilines is 1. The number of ether oxygens (including phenoxy) is 1. The molecule has 0 bridgehead atoms. The molecule has 0 atom stereocenters. The molecule has 0 fully saturated rings. The van der Waals surface area contributed by atoms with Gasteiger partial charge in [0, 0.05) is 11.1 Å². The van der Waals surface area contributed by atoms with Crippen LogP contribution in [-0.2, 0) is 17.8 Å². The summed E-state index contributed by atoms with van der Waals surface area (Å²) in [4.78, 5) is 16.6. The van der Waals surface area contributed by atoms with Crippen LogP contribution in [0.25, 0.3) is 0 Å². The molecule has 0 aliphatic rings. The van der Waals surface area contributed by atoms with E-state index in [1.165, 1.54) is 11.3 Å². The molecule has 0 saturated heterocycles. The zero-order valence-corrected chi connectivity index (χ0v) is 15.0. The van der Waals surface area contributed by atoms with Gasteiger partial charge in [0.05, 0.1) is 17.7 Å². The number of aromatic nitrogens is 1. The fourth-order valence-electron chi connectivity index (χ4n) is 2.31. The molecule has 0 aliphatic carbocycles. The number of para-hydroxylation sites is 1. The monoisotopic (exact) mass is 363 g/mol. The van der Waals surface area contributed by atoms with E-state index in [4.69, 9.17) is 10.00 Å². The molecule has 0 radical (unpaired) electrons. The second-order valence-electron chi connectivity index (χ2n) is 5.72. The standard InChI is InChI=1S/C20H17N3O2S/c1-14-6-8-16(9-7-14)22-19(24)10-20-23-17(13-26-20)12-25-18-5-3-2-4-15(18)11-21/h2-9,13H,10,12H2,1H3,(H,22,24). The van der Waals surface area contributed by atoms with Gasteiger partial charge >= 0.3 is 0 Å². The van der Waals surface area contributed by atoms with Crippen LogP contribution in [0, 0.1) is 18.3 Å². The van der Waals surface area contributed by atoms with E-state index >= 15 is 0 Å². The van der Waals surface area contributed by atoms with Crippen LogP contribution in [0.4, 0.5) is 5.69 Å². The Morgan fingerprint density at radius 3 is 2.77 bits per heavy atom. The molecule has 0 saturated carbocycles. The highest BCUT2D eigenvalue weighted by Crippen LogP contribution is 2.19. The molecule has 5 nitrogen and oxygen atoms in total. The Morgan fingerprint density at radius 1 is 1.23 bits per heavy atom. The molecule has 26 heavy (non-hydrogen) atoms.